The minimum Gasteiger partial charge on any atom is -0.490 e. The van der Waals surface area contributed by atoms with Crippen LogP contribution in [-0.4, -0.2) is 23.5 Å². The number of hydrogen-bond acceptors (Lipinski definition) is 3. The lowest BCUT2D eigenvalue weighted by molar-refractivity contribution is 0.101. The summed E-state index contributed by atoms with van der Waals surface area (Å²) in [7, 11) is 0. The first-order valence-corrected chi connectivity index (χ1v) is 14.4. The number of allylic oxidation sites excluding steroid dienone is 2. The average molecular weight is 495 g/mol. The summed E-state index contributed by atoms with van der Waals surface area (Å²) in [5.74, 6) is 2.77. The van der Waals surface area contributed by atoms with Crippen LogP contribution in [0.2, 0.25) is 0 Å². The summed E-state index contributed by atoms with van der Waals surface area (Å²) in [5, 5.41) is 0. The second kappa shape index (κ2) is 20.4. The van der Waals surface area contributed by atoms with Crippen LogP contribution >= 0.6 is 24.2 Å². The third-order valence-corrected chi connectivity index (χ3v) is 7.00. The maximum atomic E-state index is 11.5. The van der Waals surface area contributed by atoms with Gasteiger partial charge in [0.05, 0.1) is 0 Å². The molecule has 0 N–H and O–H groups in total. The van der Waals surface area contributed by atoms with E-state index in [-0.39, 0.29) is 11.9 Å². The first-order valence-electron chi connectivity index (χ1n) is 13.2. The Morgan fingerprint density at radius 3 is 2.09 bits per heavy atom. The van der Waals surface area contributed by atoms with Gasteiger partial charge in [0.15, 0.2) is 5.78 Å². The molecular formula is C29H47ClO2S. The van der Waals surface area contributed by atoms with E-state index in [0.717, 1.165) is 30.8 Å². The number of Topliss-reactive ketones (excluding diaryl/α,β-unsaturated/α-hetero) is 1. The average Bonchev–Trinajstić information content (AvgIpc) is 2.82. The van der Waals surface area contributed by atoms with Crippen molar-refractivity contribution in [3.63, 3.8) is 0 Å². The van der Waals surface area contributed by atoms with E-state index >= 15 is 0 Å². The normalized spacial score (nSPS) is 13.3. The fourth-order valence-corrected chi connectivity index (χ4v) is 4.70. The lowest BCUT2D eigenvalue weighted by atomic mass is 9.93. The van der Waals surface area contributed by atoms with Crippen LogP contribution in [0, 0.1) is 5.92 Å². The summed E-state index contributed by atoms with van der Waals surface area (Å²) < 4.78 is 6.34. The van der Waals surface area contributed by atoms with Crippen LogP contribution in [0.5, 0.6) is 5.75 Å². The Bertz CT molecular complexity index is 629. The van der Waals surface area contributed by atoms with Gasteiger partial charge in [-0.25, -0.2) is 0 Å². The number of carbonyl (C=O) groups is 1. The van der Waals surface area contributed by atoms with Crippen LogP contribution in [0.25, 0.3) is 0 Å². The van der Waals surface area contributed by atoms with Crippen molar-refractivity contribution in [3.05, 3.63) is 42.0 Å². The van der Waals surface area contributed by atoms with Crippen molar-refractivity contribution in [2.45, 2.75) is 110 Å². The second-order valence-electron chi connectivity index (χ2n) is 9.18. The Labute approximate surface area is 214 Å². The van der Waals surface area contributed by atoms with E-state index < -0.39 is 0 Å². The van der Waals surface area contributed by atoms with Gasteiger partial charge in [-0.05, 0) is 81.9 Å². The van der Waals surface area contributed by atoms with Crippen LogP contribution in [0.4, 0.5) is 0 Å². The minimum atomic E-state index is 0.0747. The maximum Gasteiger partial charge on any atom is 0.159 e. The summed E-state index contributed by atoms with van der Waals surface area (Å²) in [4.78, 5) is 11.5. The summed E-state index contributed by atoms with van der Waals surface area (Å²) in [5.41, 5.74) is 0.714. The molecule has 2 atom stereocenters. The fourth-order valence-electron chi connectivity index (χ4n) is 4.13. The molecule has 1 aromatic rings. The molecule has 0 aliphatic heterocycles. The first-order chi connectivity index (χ1) is 16.1. The molecule has 0 aliphatic rings. The van der Waals surface area contributed by atoms with E-state index in [1.165, 1.54) is 70.6 Å². The third-order valence-electron chi connectivity index (χ3n) is 6.27. The number of halogens is 1. The number of carbonyl (C=O) groups excluding carboxylic acids is 1. The topological polar surface area (TPSA) is 26.3 Å². The number of hydrogen-bond donors (Lipinski definition) is 1. The highest BCUT2D eigenvalue weighted by atomic mass is 35.5. The molecule has 0 aliphatic carbocycles. The molecule has 2 nitrogen and oxygen atoms in total. The van der Waals surface area contributed by atoms with Crippen molar-refractivity contribution in [1.82, 2.24) is 0 Å². The molecule has 0 saturated heterocycles. The van der Waals surface area contributed by atoms with Crippen LogP contribution in [-0.2, 0) is 0 Å². The lowest BCUT2D eigenvalue weighted by Gasteiger charge is -2.27. The van der Waals surface area contributed by atoms with E-state index in [9.17, 15) is 4.79 Å². The molecule has 0 amide bonds. The largest absolute Gasteiger partial charge is 0.490 e. The molecule has 4 heteroatoms. The molecule has 0 fully saturated rings. The van der Waals surface area contributed by atoms with Crippen molar-refractivity contribution >= 4 is 30.0 Å². The molecule has 1 aromatic carbocycles. The maximum absolute atomic E-state index is 11.5. The first kappa shape index (κ1) is 30.1. The van der Waals surface area contributed by atoms with Gasteiger partial charge in [-0.1, -0.05) is 64.0 Å². The molecule has 0 bridgehead atoms. The van der Waals surface area contributed by atoms with E-state index in [1.807, 2.05) is 24.3 Å². The number of ether oxygens (including phenoxy) is 1. The standard InChI is InChI=1S/C29H47ClO2S/c1-3-4-5-6-7-8-9-10-11-12-13-14-15-17-27(24-33)29(18-16-23-30)32-28-21-19-26(20-22-28)25(2)31/h10-11,19-22,27,29,33H,3-9,12-18,23-24H2,1-2H3/b11-10-. The molecule has 0 spiro atoms. The molecular weight excluding hydrogens is 448 g/mol. The van der Waals surface area contributed by atoms with Crippen molar-refractivity contribution < 1.29 is 9.53 Å². The number of benzene rings is 1. The Kier molecular flexibility index (Phi) is 18.6. The predicted molar refractivity (Wildman–Crippen MR) is 148 cm³/mol. The molecule has 0 heterocycles. The van der Waals surface area contributed by atoms with Gasteiger partial charge < -0.3 is 4.74 Å². The SMILES string of the molecule is CCCCCCCC/C=C\CCCCCC(CS)C(CCCCl)Oc1ccc(C(C)=O)cc1. The number of unbranched alkanes of at least 4 members (excludes halogenated alkanes) is 9. The monoisotopic (exact) mass is 494 g/mol. The Hall–Kier alpha value is -0.930. The smallest absolute Gasteiger partial charge is 0.159 e. The molecule has 2 unspecified atom stereocenters. The van der Waals surface area contributed by atoms with Crippen molar-refractivity contribution in [1.29, 1.82) is 0 Å². The van der Waals surface area contributed by atoms with E-state index in [4.69, 9.17) is 16.3 Å². The molecule has 33 heavy (non-hydrogen) atoms. The predicted octanol–water partition coefficient (Wildman–Crippen LogP) is 9.46. The highest BCUT2D eigenvalue weighted by Gasteiger charge is 2.22. The van der Waals surface area contributed by atoms with Gasteiger partial charge in [0, 0.05) is 17.4 Å². The Morgan fingerprint density at radius 1 is 0.909 bits per heavy atom. The van der Waals surface area contributed by atoms with E-state index in [1.54, 1.807) is 6.92 Å². The number of thiol groups is 1. The minimum absolute atomic E-state index is 0.0747. The molecule has 188 valence electrons. The highest BCUT2D eigenvalue weighted by molar-refractivity contribution is 7.80. The van der Waals surface area contributed by atoms with Gasteiger partial charge in [0.1, 0.15) is 11.9 Å². The summed E-state index contributed by atoms with van der Waals surface area (Å²) >= 11 is 10.6. The number of alkyl halides is 1. The molecule has 0 aromatic heterocycles. The van der Waals surface area contributed by atoms with E-state index in [0.29, 0.717) is 17.4 Å². The van der Waals surface area contributed by atoms with Gasteiger partial charge in [-0.3, -0.25) is 4.79 Å². The van der Waals surface area contributed by atoms with Gasteiger partial charge in [-0.15, -0.1) is 11.6 Å². The number of rotatable bonds is 21. The fraction of sp³-hybridized carbons (Fsp3) is 0.690. The van der Waals surface area contributed by atoms with Gasteiger partial charge in [0.25, 0.3) is 0 Å². The van der Waals surface area contributed by atoms with Crippen LogP contribution in [0.3, 0.4) is 0 Å². The zero-order valence-electron chi connectivity index (χ0n) is 21.1. The number of ketones is 1. The Morgan fingerprint density at radius 2 is 1.52 bits per heavy atom. The van der Waals surface area contributed by atoms with Crippen LogP contribution in [0.15, 0.2) is 36.4 Å². The zero-order chi connectivity index (χ0) is 24.2. The second-order valence-corrected chi connectivity index (χ2v) is 9.92. The zero-order valence-corrected chi connectivity index (χ0v) is 22.7. The summed E-state index contributed by atoms with van der Waals surface area (Å²) in [6, 6.07) is 7.48. The van der Waals surface area contributed by atoms with Gasteiger partial charge in [-0.2, -0.15) is 12.6 Å². The quantitative estimate of drug-likeness (QED) is 0.0605. The highest BCUT2D eigenvalue weighted by Crippen LogP contribution is 2.25. The van der Waals surface area contributed by atoms with E-state index in [2.05, 4.69) is 31.7 Å². The summed E-state index contributed by atoms with van der Waals surface area (Å²) in [6.07, 6.45) is 22.2. The van der Waals surface area contributed by atoms with Gasteiger partial charge >= 0.3 is 0 Å². The lowest BCUT2D eigenvalue weighted by Crippen LogP contribution is -2.29. The van der Waals surface area contributed by atoms with Crippen molar-refractivity contribution in [2.24, 2.45) is 5.92 Å². The van der Waals surface area contributed by atoms with Gasteiger partial charge in [0.2, 0.25) is 0 Å². The van der Waals surface area contributed by atoms with Crippen molar-refractivity contribution in [2.75, 3.05) is 11.6 Å². The summed E-state index contributed by atoms with van der Waals surface area (Å²) in [6.45, 7) is 3.86. The van der Waals surface area contributed by atoms with Crippen molar-refractivity contribution in [3.8, 4) is 5.75 Å². The molecule has 0 saturated carbocycles. The Balaban J connectivity index is 2.31. The molecule has 1 rings (SSSR count). The van der Waals surface area contributed by atoms with Crippen LogP contribution < -0.4 is 4.74 Å². The molecule has 0 radical (unpaired) electrons. The third kappa shape index (κ3) is 14.8. The van der Waals surface area contributed by atoms with Crippen LogP contribution in [0.1, 0.15) is 114 Å².